The van der Waals surface area contributed by atoms with Crippen LogP contribution in [0.2, 0.25) is 0 Å². The first kappa shape index (κ1) is 31.8. The van der Waals surface area contributed by atoms with Crippen LogP contribution in [0, 0.1) is 0 Å². The van der Waals surface area contributed by atoms with Crippen LogP contribution in [0.4, 0.5) is 5.13 Å². The zero-order valence-electron chi connectivity index (χ0n) is 26.7. The average Bonchev–Trinajstić information content (AvgIpc) is 3.80. The molecule has 1 atom stereocenters. The van der Waals surface area contributed by atoms with Crippen LogP contribution in [0.3, 0.4) is 0 Å². The Labute approximate surface area is 281 Å². The van der Waals surface area contributed by atoms with Crippen molar-refractivity contribution in [2.24, 2.45) is 0 Å². The molecule has 2 aromatic heterocycles. The number of aromatic nitrogens is 2. The number of benzene rings is 3. The largest absolute Gasteiger partial charge is 0.341 e. The molecule has 1 aliphatic heterocycles. The molecule has 8 nitrogen and oxygen atoms in total. The van der Waals surface area contributed by atoms with Gasteiger partial charge in [-0.25, -0.2) is 4.98 Å². The molecule has 1 fully saturated rings. The summed E-state index contributed by atoms with van der Waals surface area (Å²) in [6, 6.07) is 27.3. The van der Waals surface area contributed by atoms with Gasteiger partial charge in [0.15, 0.2) is 5.13 Å². The van der Waals surface area contributed by atoms with Crippen molar-refractivity contribution in [2.75, 3.05) is 18.4 Å². The van der Waals surface area contributed by atoms with Crippen LogP contribution in [0.5, 0.6) is 0 Å². The SMILES string of the molecule is CC(C)(C)c1ccc(-c2ncccc2C(=O)Nc2nc(-c3cccc(C(=O)N[C@H](C(=O)N4CCCC4)c4ccccc4)c3)cs2)cc1.[HH].[HH]. The first-order valence-corrected chi connectivity index (χ1v) is 16.6. The Morgan fingerprint density at radius 3 is 2.32 bits per heavy atom. The van der Waals surface area contributed by atoms with Crippen LogP contribution in [0.25, 0.3) is 22.5 Å². The monoisotopic (exact) mass is 647 g/mol. The van der Waals surface area contributed by atoms with Gasteiger partial charge in [-0.05, 0) is 53.6 Å². The topological polar surface area (TPSA) is 104 Å². The van der Waals surface area contributed by atoms with E-state index in [9.17, 15) is 14.4 Å². The van der Waals surface area contributed by atoms with Crippen LogP contribution >= 0.6 is 11.3 Å². The molecule has 1 saturated heterocycles. The summed E-state index contributed by atoms with van der Waals surface area (Å²) in [7, 11) is 0. The molecule has 0 unspecified atom stereocenters. The number of rotatable bonds is 8. The molecule has 47 heavy (non-hydrogen) atoms. The highest BCUT2D eigenvalue weighted by atomic mass is 32.1. The minimum absolute atomic E-state index is 0. The zero-order chi connectivity index (χ0) is 33.0. The summed E-state index contributed by atoms with van der Waals surface area (Å²) in [4.78, 5) is 51.3. The van der Waals surface area contributed by atoms with Crippen molar-refractivity contribution in [1.82, 2.24) is 20.2 Å². The van der Waals surface area contributed by atoms with Crippen molar-refractivity contribution in [3.63, 3.8) is 0 Å². The molecule has 0 aliphatic carbocycles. The number of hydrogen-bond acceptors (Lipinski definition) is 6. The van der Waals surface area contributed by atoms with Gasteiger partial charge in [0.1, 0.15) is 6.04 Å². The minimum Gasteiger partial charge on any atom is -0.341 e. The maximum atomic E-state index is 13.5. The van der Waals surface area contributed by atoms with Crippen LogP contribution in [-0.4, -0.2) is 45.7 Å². The fourth-order valence-corrected chi connectivity index (χ4v) is 6.38. The number of nitrogens with one attached hydrogen (secondary N) is 2. The number of carbonyl (C=O) groups excluding carboxylic acids is 3. The maximum absolute atomic E-state index is 13.5. The van der Waals surface area contributed by atoms with Gasteiger partial charge >= 0.3 is 0 Å². The number of hydrogen-bond donors (Lipinski definition) is 2. The summed E-state index contributed by atoms with van der Waals surface area (Å²) in [6.07, 6.45) is 3.61. The Morgan fingerprint density at radius 1 is 0.851 bits per heavy atom. The van der Waals surface area contributed by atoms with Gasteiger partial charge in [0, 0.05) is 44.2 Å². The van der Waals surface area contributed by atoms with E-state index in [1.807, 2.05) is 58.8 Å². The van der Waals surface area contributed by atoms with E-state index < -0.39 is 6.04 Å². The molecule has 1 aliphatic rings. The molecule has 5 aromatic rings. The van der Waals surface area contributed by atoms with E-state index in [0.29, 0.717) is 40.7 Å². The quantitative estimate of drug-likeness (QED) is 0.178. The van der Waals surface area contributed by atoms with Gasteiger partial charge in [0.05, 0.1) is 17.0 Å². The molecule has 3 aromatic carbocycles. The number of carbonyl (C=O) groups is 3. The molecule has 3 heterocycles. The lowest BCUT2D eigenvalue weighted by molar-refractivity contribution is -0.132. The Bertz CT molecular complexity index is 1900. The molecule has 0 spiro atoms. The number of likely N-dealkylation sites (tertiary alicyclic amines) is 1. The van der Waals surface area contributed by atoms with Crippen LogP contribution < -0.4 is 10.6 Å². The van der Waals surface area contributed by atoms with E-state index >= 15 is 0 Å². The van der Waals surface area contributed by atoms with Gasteiger partial charge in [-0.1, -0.05) is 87.5 Å². The van der Waals surface area contributed by atoms with E-state index in [1.54, 1.807) is 36.5 Å². The molecule has 9 heteroatoms. The summed E-state index contributed by atoms with van der Waals surface area (Å²) in [5, 5.41) is 8.16. The predicted molar refractivity (Wildman–Crippen MR) is 191 cm³/mol. The molecule has 6 rings (SSSR count). The fourth-order valence-electron chi connectivity index (χ4n) is 5.66. The van der Waals surface area contributed by atoms with Crippen molar-refractivity contribution >= 4 is 34.2 Å². The van der Waals surface area contributed by atoms with Crippen molar-refractivity contribution < 1.29 is 17.2 Å². The Hall–Kier alpha value is -5.15. The van der Waals surface area contributed by atoms with E-state index in [1.165, 1.54) is 16.9 Å². The number of pyridine rings is 1. The van der Waals surface area contributed by atoms with Crippen molar-refractivity contribution in [3.05, 3.63) is 125 Å². The highest BCUT2D eigenvalue weighted by Gasteiger charge is 2.29. The summed E-state index contributed by atoms with van der Waals surface area (Å²) >= 11 is 1.30. The zero-order valence-corrected chi connectivity index (χ0v) is 27.5. The molecule has 0 saturated carbocycles. The Balaban J connectivity index is 0.00000270. The smallest absolute Gasteiger partial charge is 0.259 e. The summed E-state index contributed by atoms with van der Waals surface area (Å²) in [6.45, 7) is 7.88. The van der Waals surface area contributed by atoms with Crippen molar-refractivity contribution in [2.45, 2.75) is 45.1 Å². The minimum atomic E-state index is -0.777. The average molecular weight is 648 g/mol. The molecule has 2 N–H and O–H groups in total. The standard InChI is InChI=1S/C38H37N5O3S.2H2/c1-38(2,3)29-18-16-26(17-19-29)32-30(15-10-20-39-32)35(45)42-37-40-31(24-47-37)27-13-9-14-28(23-27)34(44)41-33(25-11-5-4-6-12-25)36(46)43-21-7-8-22-43;;/h4-6,9-20,23-24,33H,7-8,21-22H2,1-3H3,(H,41,44)(H,40,42,45);2*1H/t33-;;/m0../s1. The summed E-state index contributed by atoms with van der Waals surface area (Å²) in [5.41, 5.74) is 5.62. The number of thiazole rings is 1. The third-order valence-corrected chi connectivity index (χ3v) is 9.05. The third kappa shape index (κ3) is 7.31. The lowest BCUT2D eigenvalue weighted by Gasteiger charge is -2.24. The van der Waals surface area contributed by atoms with Crippen molar-refractivity contribution in [1.29, 1.82) is 0 Å². The second-order valence-corrected chi connectivity index (χ2v) is 13.5. The fraction of sp³-hybridized carbons (Fsp3) is 0.237. The van der Waals surface area contributed by atoms with Crippen LogP contribution in [0.15, 0.2) is 103 Å². The second kappa shape index (κ2) is 13.7. The van der Waals surface area contributed by atoms with Gasteiger partial charge < -0.3 is 10.2 Å². The lowest BCUT2D eigenvalue weighted by Crippen LogP contribution is -2.41. The molecule has 3 amide bonds. The van der Waals surface area contributed by atoms with Gasteiger partial charge in [-0.2, -0.15) is 0 Å². The lowest BCUT2D eigenvalue weighted by atomic mass is 9.86. The molecule has 0 radical (unpaired) electrons. The van der Waals surface area contributed by atoms with E-state index in [4.69, 9.17) is 0 Å². The van der Waals surface area contributed by atoms with E-state index in [2.05, 4.69) is 53.5 Å². The Kier molecular flexibility index (Phi) is 9.26. The third-order valence-electron chi connectivity index (χ3n) is 8.29. The number of amides is 3. The molecule has 242 valence electrons. The van der Waals surface area contributed by atoms with Gasteiger partial charge in [0.25, 0.3) is 11.8 Å². The molecular weight excluding hydrogens is 607 g/mol. The number of nitrogens with zero attached hydrogens (tertiary/aromatic N) is 3. The van der Waals surface area contributed by atoms with Gasteiger partial charge in [-0.15, -0.1) is 11.3 Å². The predicted octanol–water partition coefficient (Wildman–Crippen LogP) is 8.01. The van der Waals surface area contributed by atoms with E-state index in [0.717, 1.165) is 29.5 Å². The van der Waals surface area contributed by atoms with Gasteiger partial charge in [-0.3, -0.25) is 24.7 Å². The normalized spacial score (nSPS) is 13.6. The summed E-state index contributed by atoms with van der Waals surface area (Å²) in [5.74, 6) is -0.759. The van der Waals surface area contributed by atoms with Gasteiger partial charge in [0.2, 0.25) is 5.91 Å². The van der Waals surface area contributed by atoms with Crippen LogP contribution in [-0.2, 0) is 10.2 Å². The van der Waals surface area contributed by atoms with Crippen molar-refractivity contribution in [3.8, 4) is 22.5 Å². The molecular formula is C38H41N5O3S. The van der Waals surface area contributed by atoms with Crippen LogP contribution in [0.1, 0.15) is 74.4 Å². The highest BCUT2D eigenvalue weighted by Crippen LogP contribution is 2.29. The first-order chi connectivity index (χ1) is 22.7. The molecule has 0 bridgehead atoms. The van der Waals surface area contributed by atoms with E-state index in [-0.39, 0.29) is 26.0 Å². The highest BCUT2D eigenvalue weighted by molar-refractivity contribution is 7.14. The maximum Gasteiger partial charge on any atom is 0.259 e. The second-order valence-electron chi connectivity index (χ2n) is 12.6. The Morgan fingerprint density at radius 2 is 1.60 bits per heavy atom. The number of anilines is 1. The first-order valence-electron chi connectivity index (χ1n) is 15.8. The summed E-state index contributed by atoms with van der Waals surface area (Å²) < 4.78 is 0.